The molecule has 0 saturated heterocycles. The Kier molecular flexibility index (Phi) is 28.5. The minimum absolute atomic E-state index is 0.799. The van der Waals surface area contributed by atoms with Crippen LogP contribution >= 0.6 is 12.6 Å². The van der Waals surface area contributed by atoms with Gasteiger partial charge in [0.15, 0.2) is 0 Å². The fourth-order valence-electron chi connectivity index (χ4n) is 1.99. The van der Waals surface area contributed by atoms with Gasteiger partial charge in [-0.25, -0.2) is 0 Å². The molecule has 0 bridgehead atoms. The molecule has 2 nitrogen and oxygen atoms in total. The van der Waals surface area contributed by atoms with Crippen LogP contribution in [0.25, 0.3) is 0 Å². The van der Waals surface area contributed by atoms with E-state index in [0.717, 1.165) is 24.3 Å². The Balaban J connectivity index is -0.000000201. The van der Waals surface area contributed by atoms with Crippen LogP contribution in [-0.2, 0) is 0 Å². The summed E-state index contributed by atoms with van der Waals surface area (Å²) in [4.78, 5) is 0. The third-order valence-electron chi connectivity index (χ3n) is 2.74. The highest BCUT2D eigenvalue weighted by Crippen LogP contribution is 2.27. The van der Waals surface area contributed by atoms with Gasteiger partial charge in [0.2, 0.25) is 0 Å². The molecule has 0 spiro atoms. The van der Waals surface area contributed by atoms with Gasteiger partial charge in [0.05, 0.1) is 0 Å². The quantitative estimate of drug-likeness (QED) is 0.288. The number of rotatable bonds is 3. The third kappa shape index (κ3) is 21.3. The molecule has 2 atom stereocenters. The highest BCUT2D eigenvalue weighted by molar-refractivity contribution is 7.80. The van der Waals surface area contributed by atoms with Gasteiger partial charge in [-0.05, 0) is 37.9 Å². The molecule has 0 aromatic rings. The minimum atomic E-state index is 0.799. The van der Waals surface area contributed by atoms with Crippen molar-refractivity contribution in [2.24, 2.45) is 11.8 Å². The summed E-state index contributed by atoms with van der Waals surface area (Å²) in [6, 6.07) is 0. The molecule has 1 aliphatic carbocycles. The van der Waals surface area contributed by atoms with E-state index >= 15 is 0 Å². The Hall–Kier alpha value is -0.0200. The first-order chi connectivity index (χ1) is 8.70. The van der Waals surface area contributed by atoms with E-state index in [2.05, 4.69) is 45.4 Å². The number of thiol groups is 1. The van der Waals surface area contributed by atoms with Crippen LogP contribution in [0.4, 0.5) is 0 Å². The summed E-state index contributed by atoms with van der Waals surface area (Å²) in [5.41, 5.74) is 0. The van der Waals surface area contributed by atoms with Crippen LogP contribution in [0.3, 0.4) is 0 Å². The summed E-state index contributed by atoms with van der Waals surface area (Å²) in [7, 11) is 0. The Bertz CT molecular complexity index is 120. The van der Waals surface area contributed by atoms with E-state index in [9.17, 15) is 0 Å². The molecule has 1 aliphatic rings. The predicted octanol–water partition coefficient (Wildman–Crippen LogP) is 5.00. The summed E-state index contributed by atoms with van der Waals surface area (Å²) >= 11 is 3.94. The van der Waals surface area contributed by atoms with Gasteiger partial charge < -0.3 is 10.7 Å². The lowest BCUT2D eigenvalue weighted by atomic mass is 9.84. The van der Waals surface area contributed by atoms with Crippen molar-refractivity contribution in [1.82, 2.24) is 5.32 Å². The molecule has 1 saturated carbocycles. The van der Waals surface area contributed by atoms with Crippen molar-refractivity contribution in [3.8, 4) is 0 Å². The van der Waals surface area contributed by atoms with Gasteiger partial charge in [0.25, 0.3) is 0 Å². The molecule has 1 fully saturated rings. The third-order valence-corrected chi connectivity index (χ3v) is 2.96. The second-order valence-corrected chi connectivity index (χ2v) is 4.85. The lowest BCUT2D eigenvalue weighted by molar-refractivity contribution is 0.301. The molecule has 0 radical (unpaired) electrons. The summed E-state index contributed by atoms with van der Waals surface area (Å²) in [5.74, 6) is 2.82. The zero-order valence-electron chi connectivity index (χ0n) is 13.3. The molecule has 0 amide bonds. The van der Waals surface area contributed by atoms with Gasteiger partial charge in [0, 0.05) is 5.88 Å². The van der Waals surface area contributed by atoms with Crippen LogP contribution in [0.5, 0.6) is 0 Å². The molecule has 2 unspecified atom stereocenters. The average Bonchev–Trinajstić information content (AvgIpc) is 2.41. The van der Waals surface area contributed by atoms with Gasteiger partial charge in [-0.15, -0.1) is 0 Å². The second-order valence-electron chi connectivity index (χ2n) is 4.54. The first-order valence-electron chi connectivity index (χ1n) is 7.37. The number of hydrogen-bond donors (Lipinski definition) is 3. The fraction of sp³-hybridized carbons (Fsp3) is 0.933. The van der Waals surface area contributed by atoms with E-state index in [-0.39, 0.29) is 0 Å². The van der Waals surface area contributed by atoms with E-state index < -0.39 is 0 Å². The second kappa shape index (κ2) is 22.2. The molecular formula is C15H36N2S. The molecular weight excluding hydrogens is 240 g/mol. The van der Waals surface area contributed by atoms with Crippen LogP contribution in [-0.4, -0.2) is 19.1 Å². The van der Waals surface area contributed by atoms with Crippen LogP contribution in [0.2, 0.25) is 0 Å². The van der Waals surface area contributed by atoms with Crippen LogP contribution in [0.15, 0.2) is 0 Å². The van der Waals surface area contributed by atoms with Gasteiger partial charge in [-0.1, -0.05) is 53.9 Å². The van der Waals surface area contributed by atoms with Crippen molar-refractivity contribution >= 4 is 19.3 Å². The largest absolute Gasteiger partial charge is 0.317 e. The SMILES string of the molecule is C=N.CC.CC1CCCC(C)C1.CCCNCS. The van der Waals surface area contributed by atoms with E-state index in [4.69, 9.17) is 5.41 Å². The predicted molar refractivity (Wildman–Crippen MR) is 90.1 cm³/mol. The normalized spacial score (nSPS) is 21.2. The van der Waals surface area contributed by atoms with Crippen molar-refractivity contribution in [2.75, 3.05) is 12.4 Å². The summed E-state index contributed by atoms with van der Waals surface area (Å²) in [5, 5.41) is 8.56. The first-order valence-corrected chi connectivity index (χ1v) is 8.00. The fourth-order valence-corrected chi connectivity index (χ4v) is 2.15. The number of nitrogens with one attached hydrogen (secondary N) is 2. The maximum Gasteiger partial charge on any atom is 0.0387 e. The van der Waals surface area contributed by atoms with Crippen LogP contribution < -0.4 is 5.32 Å². The molecule has 0 aromatic carbocycles. The maximum absolute atomic E-state index is 5.50. The maximum atomic E-state index is 5.50. The van der Waals surface area contributed by atoms with E-state index in [1.165, 1.54) is 32.1 Å². The topological polar surface area (TPSA) is 35.9 Å². The molecule has 0 heterocycles. The van der Waals surface area contributed by atoms with E-state index in [1.807, 2.05) is 13.8 Å². The van der Waals surface area contributed by atoms with Crippen molar-refractivity contribution in [2.45, 2.75) is 66.7 Å². The Morgan fingerprint density at radius 1 is 1.17 bits per heavy atom. The minimum Gasteiger partial charge on any atom is -0.317 e. The van der Waals surface area contributed by atoms with E-state index in [1.54, 1.807) is 0 Å². The van der Waals surface area contributed by atoms with Crippen molar-refractivity contribution in [3.05, 3.63) is 0 Å². The highest BCUT2D eigenvalue weighted by atomic mass is 32.1. The molecule has 18 heavy (non-hydrogen) atoms. The Labute approximate surface area is 121 Å². The average molecular weight is 277 g/mol. The lowest BCUT2D eigenvalue weighted by Gasteiger charge is -2.22. The van der Waals surface area contributed by atoms with Gasteiger partial charge in [-0.2, -0.15) is 12.6 Å². The molecule has 0 aromatic heterocycles. The monoisotopic (exact) mass is 276 g/mol. The van der Waals surface area contributed by atoms with Gasteiger partial charge >= 0.3 is 0 Å². The van der Waals surface area contributed by atoms with Crippen molar-refractivity contribution in [3.63, 3.8) is 0 Å². The Morgan fingerprint density at radius 2 is 1.61 bits per heavy atom. The summed E-state index contributed by atoms with van der Waals surface area (Å²) in [6.45, 7) is 14.5. The molecule has 2 N–H and O–H groups in total. The number of hydrogen-bond acceptors (Lipinski definition) is 3. The zero-order chi connectivity index (χ0) is 14.8. The van der Waals surface area contributed by atoms with Crippen LogP contribution in [0, 0.1) is 17.2 Å². The Morgan fingerprint density at radius 3 is 1.78 bits per heavy atom. The molecule has 3 heteroatoms. The summed E-state index contributed by atoms with van der Waals surface area (Å²) < 4.78 is 0. The lowest BCUT2D eigenvalue weighted by Crippen LogP contribution is -2.10. The smallest absolute Gasteiger partial charge is 0.0387 e. The summed E-state index contributed by atoms with van der Waals surface area (Å²) in [6.07, 6.45) is 7.09. The highest BCUT2D eigenvalue weighted by Gasteiger charge is 2.13. The molecule has 0 aliphatic heterocycles. The van der Waals surface area contributed by atoms with Gasteiger partial charge in [0.1, 0.15) is 0 Å². The van der Waals surface area contributed by atoms with Gasteiger partial charge in [-0.3, -0.25) is 0 Å². The van der Waals surface area contributed by atoms with Crippen LogP contribution in [0.1, 0.15) is 66.7 Å². The van der Waals surface area contributed by atoms with Crippen molar-refractivity contribution in [1.29, 1.82) is 5.41 Å². The molecule has 1 rings (SSSR count). The van der Waals surface area contributed by atoms with Crippen molar-refractivity contribution < 1.29 is 0 Å². The molecule has 112 valence electrons. The standard InChI is InChI=1S/C8H16.C4H11NS.C2H6.CH3N/c1-7-4-3-5-8(2)6-7;1-2-3-5-4-6;2*1-2/h7-8H,3-6H2,1-2H3;5-6H,2-4H2,1H3;1-2H3;2H,1H2. The zero-order valence-corrected chi connectivity index (χ0v) is 14.2. The first kappa shape index (κ1) is 23.1. The van der Waals surface area contributed by atoms with E-state index in [0.29, 0.717) is 0 Å².